The SMILES string of the molecule is CC(C)c1cc2c(NC3CCCC3N)nccn2n1. The Hall–Kier alpha value is -1.62. The molecule has 2 unspecified atom stereocenters. The van der Waals surface area contributed by atoms with Gasteiger partial charge in [-0.3, -0.25) is 0 Å². The summed E-state index contributed by atoms with van der Waals surface area (Å²) in [6.07, 6.45) is 7.08. The second kappa shape index (κ2) is 4.81. The van der Waals surface area contributed by atoms with Crippen molar-refractivity contribution in [2.45, 2.75) is 51.1 Å². The molecule has 5 heteroatoms. The highest BCUT2D eigenvalue weighted by Crippen LogP contribution is 2.24. The first kappa shape index (κ1) is 12.4. The molecular formula is C14H21N5. The van der Waals surface area contributed by atoms with Crippen molar-refractivity contribution in [3.8, 4) is 0 Å². The highest BCUT2D eigenvalue weighted by Gasteiger charge is 2.24. The molecule has 0 bridgehead atoms. The van der Waals surface area contributed by atoms with Gasteiger partial charge in [0, 0.05) is 24.5 Å². The first-order valence-electron chi connectivity index (χ1n) is 7.01. The van der Waals surface area contributed by atoms with Crippen LogP contribution in [-0.4, -0.2) is 26.7 Å². The van der Waals surface area contributed by atoms with E-state index in [0.717, 1.165) is 29.9 Å². The third kappa shape index (κ3) is 2.30. The Labute approximate surface area is 113 Å². The van der Waals surface area contributed by atoms with Gasteiger partial charge in [0.2, 0.25) is 0 Å². The van der Waals surface area contributed by atoms with Crippen LogP contribution in [0.1, 0.15) is 44.7 Å². The van der Waals surface area contributed by atoms with Crippen LogP contribution in [0.25, 0.3) is 5.52 Å². The minimum absolute atomic E-state index is 0.231. The summed E-state index contributed by atoms with van der Waals surface area (Å²) >= 11 is 0. The number of aromatic nitrogens is 3. The van der Waals surface area contributed by atoms with Crippen molar-refractivity contribution in [3.05, 3.63) is 24.2 Å². The Balaban J connectivity index is 1.94. The van der Waals surface area contributed by atoms with Crippen LogP contribution in [0, 0.1) is 0 Å². The van der Waals surface area contributed by atoms with Crippen molar-refractivity contribution in [1.29, 1.82) is 0 Å². The fraction of sp³-hybridized carbons (Fsp3) is 0.571. The van der Waals surface area contributed by atoms with Gasteiger partial charge in [-0.15, -0.1) is 0 Å². The summed E-state index contributed by atoms with van der Waals surface area (Å²) < 4.78 is 1.89. The second-order valence-corrected chi connectivity index (χ2v) is 5.68. The van der Waals surface area contributed by atoms with Gasteiger partial charge >= 0.3 is 0 Å². The predicted octanol–water partition coefficient (Wildman–Crippen LogP) is 2.14. The van der Waals surface area contributed by atoms with Crippen molar-refractivity contribution < 1.29 is 0 Å². The molecule has 0 aromatic carbocycles. The minimum Gasteiger partial charge on any atom is -0.364 e. The zero-order valence-electron chi connectivity index (χ0n) is 11.5. The van der Waals surface area contributed by atoms with Crippen LogP contribution in [-0.2, 0) is 0 Å². The molecule has 2 aromatic heterocycles. The average Bonchev–Trinajstić information content (AvgIpc) is 2.97. The average molecular weight is 259 g/mol. The Morgan fingerprint density at radius 1 is 1.42 bits per heavy atom. The summed E-state index contributed by atoms with van der Waals surface area (Å²) in [5, 5.41) is 8.06. The van der Waals surface area contributed by atoms with E-state index in [1.807, 2.05) is 10.7 Å². The smallest absolute Gasteiger partial charge is 0.152 e. The number of anilines is 1. The molecule has 0 amide bonds. The van der Waals surface area contributed by atoms with E-state index >= 15 is 0 Å². The molecule has 1 aliphatic carbocycles. The van der Waals surface area contributed by atoms with E-state index in [1.165, 1.54) is 6.42 Å². The Morgan fingerprint density at radius 3 is 2.95 bits per heavy atom. The number of hydrogen-bond donors (Lipinski definition) is 2. The lowest BCUT2D eigenvalue weighted by atomic mass is 10.1. The van der Waals surface area contributed by atoms with Gasteiger partial charge in [0.1, 0.15) is 5.52 Å². The van der Waals surface area contributed by atoms with E-state index in [2.05, 4.69) is 35.3 Å². The van der Waals surface area contributed by atoms with E-state index in [4.69, 9.17) is 5.73 Å². The highest BCUT2D eigenvalue weighted by molar-refractivity contribution is 5.68. The van der Waals surface area contributed by atoms with Crippen molar-refractivity contribution >= 4 is 11.3 Å². The highest BCUT2D eigenvalue weighted by atomic mass is 15.2. The van der Waals surface area contributed by atoms with Gasteiger partial charge in [0.15, 0.2) is 5.82 Å². The van der Waals surface area contributed by atoms with Gasteiger partial charge in [-0.2, -0.15) is 5.10 Å². The Bertz CT molecular complexity index is 574. The first-order valence-corrected chi connectivity index (χ1v) is 7.01. The Morgan fingerprint density at radius 2 is 2.26 bits per heavy atom. The number of nitrogens with one attached hydrogen (secondary N) is 1. The molecule has 2 atom stereocenters. The third-order valence-electron chi connectivity index (χ3n) is 3.89. The van der Waals surface area contributed by atoms with Gasteiger partial charge < -0.3 is 11.1 Å². The molecule has 1 saturated carbocycles. The molecule has 2 heterocycles. The molecule has 102 valence electrons. The zero-order valence-corrected chi connectivity index (χ0v) is 11.5. The molecule has 5 nitrogen and oxygen atoms in total. The van der Waals surface area contributed by atoms with Gasteiger partial charge in [-0.1, -0.05) is 13.8 Å². The maximum Gasteiger partial charge on any atom is 0.152 e. The molecule has 3 N–H and O–H groups in total. The molecule has 0 aliphatic heterocycles. The van der Waals surface area contributed by atoms with E-state index in [1.54, 1.807) is 6.20 Å². The molecule has 3 rings (SSSR count). The fourth-order valence-electron chi connectivity index (χ4n) is 2.68. The largest absolute Gasteiger partial charge is 0.364 e. The van der Waals surface area contributed by atoms with Crippen LogP contribution in [0.4, 0.5) is 5.82 Å². The van der Waals surface area contributed by atoms with Crippen molar-refractivity contribution in [1.82, 2.24) is 14.6 Å². The molecule has 1 aliphatic rings. The quantitative estimate of drug-likeness (QED) is 0.886. The van der Waals surface area contributed by atoms with Crippen LogP contribution in [0.5, 0.6) is 0 Å². The van der Waals surface area contributed by atoms with E-state index in [0.29, 0.717) is 12.0 Å². The van der Waals surface area contributed by atoms with Gasteiger partial charge in [0.25, 0.3) is 0 Å². The van der Waals surface area contributed by atoms with E-state index < -0.39 is 0 Å². The molecule has 1 fully saturated rings. The van der Waals surface area contributed by atoms with Crippen molar-refractivity contribution in [2.75, 3.05) is 5.32 Å². The second-order valence-electron chi connectivity index (χ2n) is 5.68. The number of nitrogens with two attached hydrogens (primary N) is 1. The number of rotatable bonds is 3. The summed E-state index contributed by atoms with van der Waals surface area (Å²) in [6.45, 7) is 4.30. The molecular weight excluding hydrogens is 238 g/mol. The van der Waals surface area contributed by atoms with E-state index in [9.17, 15) is 0 Å². The lowest BCUT2D eigenvalue weighted by molar-refractivity contribution is 0.635. The van der Waals surface area contributed by atoms with E-state index in [-0.39, 0.29) is 6.04 Å². The molecule has 0 saturated heterocycles. The van der Waals surface area contributed by atoms with Gasteiger partial charge in [-0.05, 0) is 31.2 Å². The number of nitrogens with zero attached hydrogens (tertiary/aromatic N) is 3. The summed E-state index contributed by atoms with van der Waals surface area (Å²) in [5.41, 5.74) is 8.23. The lowest BCUT2D eigenvalue weighted by Gasteiger charge is -2.18. The maximum atomic E-state index is 6.11. The fourth-order valence-corrected chi connectivity index (χ4v) is 2.68. The molecule has 19 heavy (non-hydrogen) atoms. The number of hydrogen-bond acceptors (Lipinski definition) is 4. The zero-order chi connectivity index (χ0) is 13.4. The number of fused-ring (bicyclic) bond motifs is 1. The summed E-state index contributed by atoms with van der Waals surface area (Å²) in [7, 11) is 0. The summed E-state index contributed by atoms with van der Waals surface area (Å²) in [5.74, 6) is 1.31. The first-order chi connectivity index (χ1) is 9.15. The van der Waals surface area contributed by atoms with Crippen LogP contribution >= 0.6 is 0 Å². The Kier molecular flexibility index (Phi) is 3.14. The molecule has 0 radical (unpaired) electrons. The lowest BCUT2D eigenvalue weighted by Crippen LogP contribution is -2.35. The monoisotopic (exact) mass is 259 g/mol. The standard InChI is InChI=1S/C14H21N5/c1-9(2)12-8-13-14(16-6-7-19(13)18-12)17-11-5-3-4-10(11)15/h6-11H,3-5,15H2,1-2H3,(H,16,17). The van der Waals surface area contributed by atoms with Gasteiger partial charge in [-0.25, -0.2) is 9.50 Å². The maximum absolute atomic E-state index is 6.11. The van der Waals surface area contributed by atoms with Crippen molar-refractivity contribution in [2.24, 2.45) is 5.73 Å². The van der Waals surface area contributed by atoms with Crippen molar-refractivity contribution in [3.63, 3.8) is 0 Å². The van der Waals surface area contributed by atoms with Gasteiger partial charge in [0.05, 0.1) is 5.69 Å². The minimum atomic E-state index is 0.231. The topological polar surface area (TPSA) is 68.2 Å². The molecule has 0 spiro atoms. The normalized spacial score (nSPS) is 23.4. The third-order valence-corrected chi connectivity index (χ3v) is 3.89. The van der Waals surface area contributed by atoms with Crippen LogP contribution in [0.3, 0.4) is 0 Å². The van der Waals surface area contributed by atoms with Crippen LogP contribution in [0.15, 0.2) is 18.5 Å². The van der Waals surface area contributed by atoms with Crippen LogP contribution in [0.2, 0.25) is 0 Å². The summed E-state index contributed by atoms with van der Waals surface area (Å²) in [4.78, 5) is 4.45. The molecule has 2 aromatic rings. The van der Waals surface area contributed by atoms with Crippen LogP contribution < -0.4 is 11.1 Å². The predicted molar refractivity (Wildman–Crippen MR) is 76.3 cm³/mol. The summed E-state index contributed by atoms with van der Waals surface area (Å²) in [6, 6.07) is 2.67.